The molecule has 3 heteroatoms. The van der Waals surface area contributed by atoms with Crippen molar-refractivity contribution in [3.63, 3.8) is 0 Å². The Morgan fingerprint density at radius 3 is 3.23 bits per heavy atom. The molecular formula is C10H19NO2. The van der Waals surface area contributed by atoms with E-state index in [1.165, 1.54) is 19.4 Å². The van der Waals surface area contributed by atoms with Gasteiger partial charge in [0.05, 0.1) is 25.4 Å². The third-order valence-corrected chi connectivity index (χ3v) is 3.19. The average molecular weight is 185 g/mol. The van der Waals surface area contributed by atoms with E-state index in [9.17, 15) is 0 Å². The molecule has 0 spiro atoms. The molecule has 0 radical (unpaired) electrons. The molecule has 0 saturated carbocycles. The minimum Gasteiger partial charge on any atom is -0.380 e. The van der Waals surface area contributed by atoms with Gasteiger partial charge >= 0.3 is 0 Å². The summed E-state index contributed by atoms with van der Waals surface area (Å²) in [6, 6.07) is 0. The van der Waals surface area contributed by atoms with Crippen molar-refractivity contribution in [2.45, 2.75) is 25.3 Å². The lowest BCUT2D eigenvalue weighted by Crippen LogP contribution is -2.55. The topological polar surface area (TPSA) is 21.7 Å². The van der Waals surface area contributed by atoms with Gasteiger partial charge in [-0.2, -0.15) is 0 Å². The molecule has 0 amide bonds. The van der Waals surface area contributed by atoms with Crippen LogP contribution < -0.4 is 0 Å². The first-order valence-electron chi connectivity index (χ1n) is 5.28. The Morgan fingerprint density at radius 1 is 1.46 bits per heavy atom. The summed E-state index contributed by atoms with van der Waals surface area (Å²) in [4.78, 5) is 2.55. The Morgan fingerprint density at radius 2 is 2.38 bits per heavy atom. The van der Waals surface area contributed by atoms with E-state index in [2.05, 4.69) is 11.8 Å². The summed E-state index contributed by atoms with van der Waals surface area (Å²) in [7, 11) is 0. The van der Waals surface area contributed by atoms with Crippen molar-refractivity contribution < 1.29 is 9.47 Å². The molecule has 2 saturated heterocycles. The predicted octanol–water partition coefficient (Wildman–Crippen LogP) is 0.888. The summed E-state index contributed by atoms with van der Waals surface area (Å²) >= 11 is 0. The summed E-state index contributed by atoms with van der Waals surface area (Å²) in [6.45, 7) is 7.81. The van der Waals surface area contributed by atoms with E-state index in [4.69, 9.17) is 9.47 Å². The van der Waals surface area contributed by atoms with E-state index in [1.807, 2.05) is 0 Å². The van der Waals surface area contributed by atoms with Crippen LogP contribution in [0.15, 0.2) is 0 Å². The zero-order valence-electron chi connectivity index (χ0n) is 8.42. The van der Waals surface area contributed by atoms with Gasteiger partial charge in [0.2, 0.25) is 0 Å². The molecule has 1 unspecified atom stereocenters. The maximum Gasteiger partial charge on any atom is 0.0679 e. The lowest BCUT2D eigenvalue weighted by Gasteiger charge is -2.41. The van der Waals surface area contributed by atoms with Crippen LogP contribution in [0.1, 0.15) is 19.8 Å². The third-order valence-electron chi connectivity index (χ3n) is 3.19. The van der Waals surface area contributed by atoms with Crippen LogP contribution in [0.3, 0.4) is 0 Å². The number of hydrogen-bond acceptors (Lipinski definition) is 3. The van der Waals surface area contributed by atoms with E-state index in [1.54, 1.807) is 0 Å². The summed E-state index contributed by atoms with van der Waals surface area (Å²) in [5, 5.41) is 0. The molecular weight excluding hydrogens is 166 g/mol. The predicted molar refractivity (Wildman–Crippen MR) is 50.9 cm³/mol. The molecule has 1 atom stereocenters. The SMILES string of the molecule is CCOCC12CCCN1CCOC2. The summed E-state index contributed by atoms with van der Waals surface area (Å²) in [6.07, 6.45) is 2.55. The van der Waals surface area contributed by atoms with Gasteiger partial charge in [0.1, 0.15) is 0 Å². The second kappa shape index (κ2) is 3.95. The van der Waals surface area contributed by atoms with Gasteiger partial charge in [-0.15, -0.1) is 0 Å². The fourth-order valence-corrected chi connectivity index (χ4v) is 2.44. The first-order valence-corrected chi connectivity index (χ1v) is 5.28. The lowest BCUT2D eigenvalue weighted by atomic mass is 9.97. The van der Waals surface area contributed by atoms with Crippen LogP contribution in [0.4, 0.5) is 0 Å². The third kappa shape index (κ3) is 1.73. The van der Waals surface area contributed by atoms with Crippen LogP contribution in [0.25, 0.3) is 0 Å². The molecule has 0 aliphatic carbocycles. The zero-order chi connectivity index (χ0) is 9.15. The first kappa shape index (κ1) is 9.44. The van der Waals surface area contributed by atoms with Gasteiger partial charge in [0.25, 0.3) is 0 Å². The Hall–Kier alpha value is -0.120. The van der Waals surface area contributed by atoms with E-state index >= 15 is 0 Å². The highest BCUT2D eigenvalue weighted by Gasteiger charge is 2.43. The minimum atomic E-state index is 0.230. The number of ether oxygens (including phenoxy) is 2. The summed E-state index contributed by atoms with van der Waals surface area (Å²) < 4.78 is 11.1. The molecule has 2 aliphatic rings. The Bertz CT molecular complexity index is 174. The lowest BCUT2D eigenvalue weighted by molar-refractivity contribution is -0.0834. The minimum absolute atomic E-state index is 0.230. The van der Waals surface area contributed by atoms with Crippen LogP contribution in [-0.2, 0) is 9.47 Å². The molecule has 2 aliphatic heterocycles. The summed E-state index contributed by atoms with van der Waals surface area (Å²) in [5.74, 6) is 0. The quantitative estimate of drug-likeness (QED) is 0.651. The van der Waals surface area contributed by atoms with Gasteiger partial charge in [-0.1, -0.05) is 0 Å². The molecule has 2 rings (SSSR count). The van der Waals surface area contributed by atoms with Crippen LogP contribution >= 0.6 is 0 Å². The smallest absolute Gasteiger partial charge is 0.0679 e. The molecule has 0 bridgehead atoms. The molecule has 3 nitrogen and oxygen atoms in total. The van der Waals surface area contributed by atoms with Gasteiger partial charge in [0.15, 0.2) is 0 Å². The monoisotopic (exact) mass is 185 g/mol. The molecule has 0 N–H and O–H groups in total. The Kier molecular flexibility index (Phi) is 2.86. The average Bonchev–Trinajstić information content (AvgIpc) is 2.58. The summed E-state index contributed by atoms with van der Waals surface area (Å²) in [5.41, 5.74) is 0.230. The number of fused-ring (bicyclic) bond motifs is 1. The molecule has 2 heterocycles. The van der Waals surface area contributed by atoms with E-state index in [0.717, 1.165) is 33.0 Å². The van der Waals surface area contributed by atoms with E-state index < -0.39 is 0 Å². The number of morpholine rings is 1. The van der Waals surface area contributed by atoms with Crippen molar-refractivity contribution in [2.24, 2.45) is 0 Å². The molecule has 13 heavy (non-hydrogen) atoms. The normalized spacial score (nSPS) is 34.8. The first-order chi connectivity index (χ1) is 6.37. The van der Waals surface area contributed by atoms with Gasteiger partial charge in [-0.05, 0) is 26.3 Å². The number of nitrogens with zero attached hydrogens (tertiary/aromatic N) is 1. The van der Waals surface area contributed by atoms with Crippen molar-refractivity contribution in [3.05, 3.63) is 0 Å². The standard InChI is InChI=1S/C10H19NO2/c1-2-12-8-10-4-3-5-11(10)6-7-13-9-10/h2-9H2,1H3. The van der Waals surface area contributed by atoms with Crippen LogP contribution in [0.5, 0.6) is 0 Å². The maximum absolute atomic E-state index is 5.56. The molecule has 0 aromatic rings. The Balaban J connectivity index is 1.98. The largest absolute Gasteiger partial charge is 0.380 e. The van der Waals surface area contributed by atoms with Gasteiger partial charge in [0, 0.05) is 13.2 Å². The van der Waals surface area contributed by atoms with E-state index in [0.29, 0.717) is 0 Å². The Labute approximate surface area is 80.0 Å². The highest BCUT2D eigenvalue weighted by Crippen LogP contribution is 2.32. The van der Waals surface area contributed by atoms with E-state index in [-0.39, 0.29) is 5.54 Å². The fraction of sp³-hybridized carbons (Fsp3) is 1.00. The molecule has 0 aromatic heterocycles. The molecule has 2 fully saturated rings. The second-order valence-corrected chi connectivity index (χ2v) is 4.00. The van der Waals surface area contributed by atoms with Crippen molar-refractivity contribution >= 4 is 0 Å². The fourth-order valence-electron chi connectivity index (χ4n) is 2.44. The molecule has 76 valence electrons. The van der Waals surface area contributed by atoms with Crippen molar-refractivity contribution in [3.8, 4) is 0 Å². The zero-order valence-corrected chi connectivity index (χ0v) is 8.42. The van der Waals surface area contributed by atoms with Crippen LogP contribution in [-0.4, -0.2) is 50.0 Å². The van der Waals surface area contributed by atoms with Crippen LogP contribution in [0.2, 0.25) is 0 Å². The van der Waals surface area contributed by atoms with Crippen LogP contribution in [0, 0.1) is 0 Å². The van der Waals surface area contributed by atoms with Gasteiger partial charge in [-0.25, -0.2) is 0 Å². The highest BCUT2D eigenvalue weighted by molar-refractivity contribution is 4.97. The van der Waals surface area contributed by atoms with Crippen molar-refractivity contribution in [1.82, 2.24) is 4.90 Å². The maximum atomic E-state index is 5.56. The number of rotatable bonds is 3. The highest BCUT2D eigenvalue weighted by atomic mass is 16.5. The van der Waals surface area contributed by atoms with Gasteiger partial charge < -0.3 is 9.47 Å². The second-order valence-electron chi connectivity index (χ2n) is 4.00. The van der Waals surface area contributed by atoms with Crippen molar-refractivity contribution in [2.75, 3.05) is 39.5 Å². The molecule has 0 aromatic carbocycles. The van der Waals surface area contributed by atoms with Gasteiger partial charge in [-0.3, -0.25) is 4.90 Å². The number of hydrogen-bond donors (Lipinski definition) is 0. The van der Waals surface area contributed by atoms with Crippen molar-refractivity contribution in [1.29, 1.82) is 0 Å².